The summed E-state index contributed by atoms with van der Waals surface area (Å²) in [5.41, 5.74) is 0.901. The summed E-state index contributed by atoms with van der Waals surface area (Å²) in [7, 11) is 0. The fraction of sp³-hybridized carbons (Fsp3) is 0.333. The van der Waals surface area contributed by atoms with E-state index < -0.39 is 0 Å². The van der Waals surface area contributed by atoms with Crippen LogP contribution in [-0.4, -0.2) is 14.9 Å². The molecule has 6 heteroatoms. The van der Waals surface area contributed by atoms with Gasteiger partial charge in [0.1, 0.15) is 6.33 Å². The molecule has 0 aliphatic carbocycles. The van der Waals surface area contributed by atoms with Gasteiger partial charge in [0.15, 0.2) is 12.4 Å². The second-order valence-corrected chi connectivity index (χ2v) is 4.69. The zero-order valence-electron chi connectivity index (χ0n) is 9.88. The predicted molar refractivity (Wildman–Crippen MR) is 70.7 cm³/mol. The van der Waals surface area contributed by atoms with E-state index in [0.29, 0.717) is 10.0 Å². The molecule has 96 valence electrons. The van der Waals surface area contributed by atoms with Crippen LogP contribution in [0.5, 0.6) is 0 Å². The lowest BCUT2D eigenvalue weighted by atomic mass is 10.1. The van der Waals surface area contributed by atoms with Gasteiger partial charge >= 0.3 is 0 Å². The van der Waals surface area contributed by atoms with Gasteiger partial charge in [-0.3, -0.25) is 0 Å². The van der Waals surface area contributed by atoms with Crippen LogP contribution in [0.25, 0.3) is 0 Å². The Morgan fingerprint density at radius 1 is 1.39 bits per heavy atom. The smallest absolute Gasteiger partial charge is 0.155 e. The van der Waals surface area contributed by atoms with Gasteiger partial charge in [0.25, 0.3) is 0 Å². The highest BCUT2D eigenvalue weighted by Gasteiger charge is 2.17. The molecule has 0 spiro atoms. The lowest BCUT2D eigenvalue weighted by Crippen LogP contribution is -2.19. The van der Waals surface area contributed by atoms with E-state index in [2.05, 4.69) is 17.0 Å². The molecule has 1 aromatic heterocycles. The SMILES string of the molecule is CCCC(On1cncn1)c1ccc(Cl)cc1Cl. The van der Waals surface area contributed by atoms with E-state index in [1.807, 2.05) is 6.07 Å². The molecule has 4 nitrogen and oxygen atoms in total. The van der Waals surface area contributed by atoms with E-state index in [4.69, 9.17) is 28.0 Å². The normalized spacial score (nSPS) is 12.4. The van der Waals surface area contributed by atoms with Gasteiger partial charge in [-0.2, -0.15) is 0 Å². The van der Waals surface area contributed by atoms with Crippen molar-refractivity contribution in [2.24, 2.45) is 0 Å². The summed E-state index contributed by atoms with van der Waals surface area (Å²) in [6, 6.07) is 5.39. The van der Waals surface area contributed by atoms with Crippen LogP contribution >= 0.6 is 23.2 Å². The van der Waals surface area contributed by atoms with Crippen molar-refractivity contribution in [1.29, 1.82) is 0 Å². The summed E-state index contributed by atoms with van der Waals surface area (Å²) in [6.07, 6.45) is 4.57. The number of hydrogen-bond donors (Lipinski definition) is 0. The number of aromatic nitrogens is 3. The van der Waals surface area contributed by atoms with E-state index in [1.165, 1.54) is 17.5 Å². The molecule has 0 aliphatic rings. The lowest BCUT2D eigenvalue weighted by Gasteiger charge is -2.18. The zero-order valence-corrected chi connectivity index (χ0v) is 11.4. The fourth-order valence-electron chi connectivity index (χ4n) is 1.67. The standard InChI is InChI=1S/C12H13Cl2N3O/c1-2-3-12(18-17-8-15-7-16-17)10-5-4-9(13)6-11(10)14/h4-8,12H,2-3H2,1H3. The Kier molecular flexibility index (Phi) is 4.44. The number of halogens is 2. The molecule has 1 unspecified atom stereocenters. The molecule has 0 radical (unpaired) electrons. The first kappa shape index (κ1) is 13.2. The zero-order chi connectivity index (χ0) is 13.0. The van der Waals surface area contributed by atoms with Crippen LogP contribution in [0.1, 0.15) is 31.4 Å². The minimum atomic E-state index is -0.165. The van der Waals surface area contributed by atoms with Crippen molar-refractivity contribution >= 4 is 23.2 Å². The van der Waals surface area contributed by atoms with E-state index in [0.717, 1.165) is 18.4 Å². The van der Waals surface area contributed by atoms with Crippen LogP contribution < -0.4 is 4.84 Å². The van der Waals surface area contributed by atoms with Crippen molar-refractivity contribution in [3.8, 4) is 0 Å². The van der Waals surface area contributed by atoms with E-state index in [1.54, 1.807) is 12.1 Å². The molecule has 0 amide bonds. The third kappa shape index (κ3) is 3.15. The van der Waals surface area contributed by atoms with Crippen molar-refractivity contribution in [2.75, 3.05) is 0 Å². The Hall–Kier alpha value is -1.26. The highest BCUT2D eigenvalue weighted by molar-refractivity contribution is 6.35. The highest BCUT2D eigenvalue weighted by atomic mass is 35.5. The number of rotatable bonds is 5. The van der Waals surface area contributed by atoms with Crippen LogP contribution in [0.4, 0.5) is 0 Å². The first-order valence-corrected chi connectivity index (χ1v) is 6.43. The number of hydrogen-bond acceptors (Lipinski definition) is 3. The topological polar surface area (TPSA) is 39.9 Å². The van der Waals surface area contributed by atoms with Crippen LogP contribution in [0.15, 0.2) is 30.9 Å². The molecule has 0 saturated carbocycles. The third-order valence-corrected chi connectivity index (χ3v) is 3.06. The Bertz CT molecular complexity index is 502. The lowest BCUT2D eigenvalue weighted by molar-refractivity contribution is 0.00815. The predicted octanol–water partition coefficient (Wildman–Crippen LogP) is 3.55. The molecule has 18 heavy (non-hydrogen) atoms. The second kappa shape index (κ2) is 6.07. The molecule has 2 rings (SSSR count). The molecule has 0 bridgehead atoms. The summed E-state index contributed by atoms with van der Waals surface area (Å²) in [4.78, 5) is 10.9. The second-order valence-electron chi connectivity index (χ2n) is 3.85. The van der Waals surface area contributed by atoms with E-state index in [-0.39, 0.29) is 6.10 Å². The molecular weight excluding hydrogens is 273 g/mol. The van der Waals surface area contributed by atoms with Gasteiger partial charge in [-0.05, 0) is 18.6 Å². The first-order chi connectivity index (χ1) is 8.70. The minimum Gasteiger partial charge on any atom is -0.387 e. The van der Waals surface area contributed by atoms with Gasteiger partial charge in [-0.1, -0.05) is 47.5 Å². The van der Waals surface area contributed by atoms with Gasteiger partial charge in [0.05, 0.1) is 0 Å². The van der Waals surface area contributed by atoms with Crippen molar-refractivity contribution in [1.82, 2.24) is 14.9 Å². The summed E-state index contributed by atoms with van der Waals surface area (Å²) in [6.45, 7) is 2.08. The molecule has 2 aromatic rings. The summed E-state index contributed by atoms with van der Waals surface area (Å²) in [5, 5.41) is 5.13. The van der Waals surface area contributed by atoms with E-state index >= 15 is 0 Å². The third-order valence-electron chi connectivity index (χ3n) is 2.49. The molecule has 0 N–H and O–H groups in total. The molecule has 0 saturated heterocycles. The monoisotopic (exact) mass is 285 g/mol. The summed E-state index contributed by atoms with van der Waals surface area (Å²) in [5.74, 6) is 0. The molecule has 1 aromatic carbocycles. The highest BCUT2D eigenvalue weighted by Crippen LogP contribution is 2.29. The largest absolute Gasteiger partial charge is 0.387 e. The fourth-order valence-corrected chi connectivity index (χ4v) is 2.20. The molecule has 0 aliphatic heterocycles. The summed E-state index contributed by atoms with van der Waals surface area (Å²) < 4.78 is 0. The Morgan fingerprint density at radius 3 is 2.83 bits per heavy atom. The molecule has 1 atom stereocenters. The quantitative estimate of drug-likeness (QED) is 0.843. The molecule has 0 fully saturated rings. The average molecular weight is 286 g/mol. The van der Waals surface area contributed by atoms with Gasteiger partial charge < -0.3 is 4.84 Å². The van der Waals surface area contributed by atoms with Gasteiger partial charge in [-0.15, -0.1) is 5.10 Å². The Morgan fingerprint density at radius 2 is 2.22 bits per heavy atom. The van der Waals surface area contributed by atoms with Crippen molar-refractivity contribution in [2.45, 2.75) is 25.9 Å². The minimum absolute atomic E-state index is 0.165. The van der Waals surface area contributed by atoms with E-state index in [9.17, 15) is 0 Å². The number of nitrogens with zero attached hydrogens (tertiary/aromatic N) is 3. The van der Waals surface area contributed by atoms with Gasteiger partial charge in [0, 0.05) is 15.6 Å². The van der Waals surface area contributed by atoms with Crippen molar-refractivity contribution in [3.63, 3.8) is 0 Å². The van der Waals surface area contributed by atoms with Crippen molar-refractivity contribution < 1.29 is 4.84 Å². The maximum absolute atomic E-state index is 6.19. The molecular formula is C12H13Cl2N3O. The Balaban J connectivity index is 2.23. The average Bonchev–Trinajstić information content (AvgIpc) is 2.81. The van der Waals surface area contributed by atoms with Crippen molar-refractivity contribution in [3.05, 3.63) is 46.5 Å². The Labute approximate surface area is 115 Å². The van der Waals surface area contributed by atoms with Gasteiger partial charge in [-0.25, -0.2) is 4.98 Å². The van der Waals surface area contributed by atoms with Crippen LogP contribution in [0.3, 0.4) is 0 Å². The van der Waals surface area contributed by atoms with Crippen LogP contribution in [0.2, 0.25) is 10.0 Å². The maximum Gasteiger partial charge on any atom is 0.155 e. The van der Waals surface area contributed by atoms with Crippen LogP contribution in [-0.2, 0) is 0 Å². The molecule has 1 heterocycles. The van der Waals surface area contributed by atoms with Gasteiger partial charge in [0.2, 0.25) is 0 Å². The maximum atomic E-state index is 6.19. The number of benzene rings is 1. The summed E-state index contributed by atoms with van der Waals surface area (Å²) >= 11 is 12.1. The van der Waals surface area contributed by atoms with Crippen LogP contribution in [0, 0.1) is 0 Å². The first-order valence-electron chi connectivity index (χ1n) is 5.67.